The van der Waals surface area contributed by atoms with Gasteiger partial charge in [-0.25, -0.2) is 0 Å². The number of aromatic nitrogens is 2. The number of nitrogens with zero attached hydrogens (tertiary/aromatic N) is 2. The van der Waals surface area contributed by atoms with Gasteiger partial charge in [-0.05, 0) is 19.3 Å². The highest BCUT2D eigenvalue weighted by Crippen LogP contribution is 2.24. The van der Waals surface area contributed by atoms with Gasteiger partial charge < -0.3 is 10.5 Å². The normalized spacial score (nSPS) is 14.9. The summed E-state index contributed by atoms with van der Waals surface area (Å²) in [4.78, 5) is 0. The summed E-state index contributed by atoms with van der Waals surface area (Å²) in [5.74, 6) is 0.377. The van der Waals surface area contributed by atoms with Gasteiger partial charge in [-0.2, -0.15) is 5.10 Å². The molecule has 0 saturated heterocycles. The highest BCUT2D eigenvalue weighted by atomic mass is 35.5. The number of aryl methyl sites for hydroxylation is 2. The van der Waals surface area contributed by atoms with Crippen molar-refractivity contribution in [3.05, 3.63) is 16.4 Å². The van der Waals surface area contributed by atoms with Crippen LogP contribution in [0.2, 0.25) is 5.02 Å². The standard InChI is InChI=1S/C14H26ClN3O/c1-6-11-13(15)12(18(7-2)17-11)8-10(16)14(19-5)9(3)4/h9-10,14H,6-8,16H2,1-5H3. The minimum atomic E-state index is -0.0748. The lowest BCUT2D eigenvalue weighted by atomic mass is 9.96. The molecule has 2 N–H and O–H groups in total. The third-order valence-corrected chi connectivity index (χ3v) is 3.91. The van der Waals surface area contributed by atoms with Crippen LogP contribution in [0.1, 0.15) is 39.1 Å². The molecule has 5 heteroatoms. The van der Waals surface area contributed by atoms with Crippen molar-refractivity contribution in [3.63, 3.8) is 0 Å². The Morgan fingerprint density at radius 1 is 1.37 bits per heavy atom. The first-order valence-corrected chi connectivity index (χ1v) is 7.36. The van der Waals surface area contributed by atoms with Crippen LogP contribution in [0.15, 0.2) is 0 Å². The molecular formula is C14H26ClN3O. The second kappa shape index (κ2) is 7.27. The number of hydrogen-bond acceptors (Lipinski definition) is 3. The van der Waals surface area contributed by atoms with Crippen molar-refractivity contribution in [1.82, 2.24) is 9.78 Å². The molecule has 2 unspecified atom stereocenters. The molecule has 1 aromatic rings. The van der Waals surface area contributed by atoms with Gasteiger partial charge in [0.2, 0.25) is 0 Å². The molecule has 0 bridgehead atoms. The van der Waals surface area contributed by atoms with Gasteiger partial charge in [0.1, 0.15) is 0 Å². The summed E-state index contributed by atoms with van der Waals surface area (Å²) in [5, 5.41) is 5.28. The molecule has 110 valence electrons. The maximum absolute atomic E-state index is 6.40. The molecule has 1 aromatic heterocycles. The average Bonchev–Trinajstić information content (AvgIpc) is 2.66. The quantitative estimate of drug-likeness (QED) is 0.839. The van der Waals surface area contributed by atoms with Crippen LogP contribution < -0.4 is 5.73 Å². The van der Waals surface area contributed by atoms with Gasteiger partial charge in [0.25, 0.3) is 0 Å². The van der Waals surface area contributed by atoms with Crippen LogP contribution in [0.3, 0.4) is 0 Å². The van der Waals surface area contributed by atoms with Crippen molar-refractivity contribution in [1.29, 1.82) is 0 Å². The molecule has 0 aliphatic rings. The first-order chi connectivity index (χ1) is 8.96. The largest absolute Gasteiger partial charge is 0.380 e. The van der Waals surface area contributed by atoms with E-state index in [1.807, 2.05) is 4.68 Å². The van der Waals surface area contributed by atoms with E-state index in [-0.39, 0.29) is 12.1 Å². The molecular weight excluding hydrogens is 262 g/mol. The molecule has 2 atom stereocenters. The van der Waals surface area contributed by atoms with Crippen LogP contribution >= 0.6 is 11.6 Å². The van der Waals surface area contributed by atoms with Gasteiger partial charge in [-0.15, -0.1) is 0 Å². The number of halogens is 1. The van der Waals surface area contributed by atoms with Gasteiger partial charge in [0.05, 0.1) is 22.5 Å². The third kappa shape index (κ3) is 3.71. The fourth-order valence-corrected chi connectivity index (χ4v) is 2.84. The van der Waals surface area contributed by atoms with Gasteiger partial charge in [0, 0.05) is 26.1 Å². The Kier molecular flexibility index (Phi) is 6.30. The highest BCUT2D eigenvalue weighted by molar-refractivity contribution is 6.31. The fourth-order valence-electron chi connectivity index (χ4n) is 2.49. The first-order valence-electron chi connectivity index (χ1n) is 6.98. The van der Waals surface area contributed by atoms with E-state index in [4.69, 9.17) is 22.1 Å². The Balaban J connectivity index is 2.95. The molecule has 1 heterocycles. The van der Waals surface area contributed by atoms with Gasteiger partial charge in [-0.1, -0.05) is 32.4 Å². The lowest BCUT2D eigenvalue weighted by Gasteiger charge is -2.26. The number of hydrogen-bond donors (Lipinski definition) is 1. The monoisotopic (exact) mass is 287 g/mol. The van der Waals surface area contributed by atoms with E-state index in [2.05, 4.69) is 32.8 Å². The Morgan fingerprint density at radius 2 is 2.00 bits per heavy atom. The molecule has 0 radical (unpaired) electrons. The first kappa shape index (κ1) is 16.5. The van der Waals surface area contributed by atoms with Crippen molar-refractivity contribution in [2.24, 2.45) is 11.7 Å². The zero-order valence-corrected chi connectivity index (χ0v) is 13.4. The Bertz CT molecular complexity index is 404. The van der Waals surface area contributed by atoms with E-state index in [1.165, 1.54) is 0 Å². The predicted molar refractivity (Wildman–Crippen MR) is 79.6 cm³/mol. The van der Waals surface area contributed by atoms with E-state index >= 15 is 0 Å². The Morgan fingerprint density at radius 3 is 2.42 bits per heavy atom. The summed E-state index contributed by atoms with van der Waals surface area (Å²) in [6, 6.07) is -0.0748. The maximum Gasteiger partial charge on any atom is 0.0850 e. The Labute approximate surface area is 121 Å². The number of ether oxygens (including phenoxy) is 1. The zero-order valence-electron chi connectivity index (χ0n) is 12.6. The smallest absolute Gasteiger partial charge is 0.0850 e. The lowest BCUT2D eigenvalue weighted by molar-refractivity contribution is 0.0436. The predicted octanol–water partition coefficient (Wildman–Crippen LogP) is 2.66. The fraction of sp³-hybridized carbons (Fsp3) is 0.786. The van der Waals surface area contributed by atoms with Crippen molar-refractivity contribution < 1.29 is 4.74 Å². The second-order valence-corrected chi connectivity index (χ2v) is 5.57. The van der Waals surface area contributed by atoms with Crippen molar-refractivity contribution in [2.75, 3.05) is 7.11 Å². The molecule has 0 fully saturated rings. The van der Waals surface area contributed by atoms with E-state index < -0.39 is 0 Å². The SMILES string of the molecule is CCc1nn(CC)c(CC(N)C(OC)C(C)C)c1Cl. The number of nitrogens with two attached hydrogens (primary N) is 1. The zero-order chi connectivity index (χ0) is 14.6. The minimum Gasteiger partial charge on any atom is -0.380 e. The van der Waals surface area contributed by atoms with Gasteiger partial charge >= 0.3 is 0 Å². The highest BCUT2D eigenvalue weighted by Gasteiger charge is 2.24. The molecule has 0 saturated carbocycles. The van der Waals surface area contributed by atoms with Crippen molar-refractivity contribution >= 4 is 11.6 Å². The lowest BCUT2D eigenvalue weighted by Crippen LogP contribution is -2.41. The molecule has 0 amide bonds. The third-order valence-electron chi connectivity index (χ3n) is 3.47. The minimum absolute atomic E-state index is 0.0290. The molecule has 0 spiro atoms. The van der Waals surface area contributed by atoms with E-state index in [9.17, 15) is 0 Å². The summed E-state index contributed by atoms with van der Waals surface area (Å²) in [6.45, 7) is 9.16. The second-order valence-electron chi connectivity index (χ2n) is 5.19. The average molecular weight is 288 g/mol. The summed E-state index contributed by atoms with van der Waals surface area (Å²) in [7, 11) is 1.71. The van der Waals surface area contributed by atoms with Crippen LogP contribution in [0, 0.1) is 5.92 Å². The molecule has 0 aliphatic carbocycles. The van der Waals surface area contributed by atoms with Crippen LogP contribution in [0.25, 0.3) is 0 Å². The van der Waals surface area contributed by atoms with Crippen LogP contribution in [-0.2, 0) is 24.1 Å². The topological polar surface area (TPSA) is 53.1 Å². The summed E-state index contributed by atoms with van der Waals surface area (Å²) < 4.78 is 7.45. The summed E-state index contributed by atoms with van der Waals surface area (Å²) >= 11 is 6.40. The molecule has 19 heavy (non-hydrogen) atoms. The van der Waals surface area contributed by atoms with E-state index in [0.717, 1.165) is 29.4 Å². The molecule has 0 aliphatic heterocycles. The molecule has 0 aromatic carbocycles. The van der Waals surface area contributed by atoms with E-state index in [1.54, 1.807) is 7.11 Å². The van der Waals surface area contributed by atoms with Crippen LogP contribution in [0.4, 0.5) is 0 Å². The van der Waals surface area contributed by atoms with E-state index in [0.29, 0.717) is 12.3 Å². The van der Waals surface area contributed by atoms with Crippen molar-refractivity contribution in [2.45, 2.75) is 59.2 Å². The van der Waals surface area contributed by atoms with Crippen LogP contribution in [-0.4, -0.2) is 29.0 Å². The van der Waals surface area contributed by atoms with Gasteiger partial charge in [-0.3, -0.25) is 4.68 Å². The van der Waals surface area contributed by atoms with Crippen molar-refractivity contribution in [3.8, 4) is 0 Å². The number of rotatable bonds is 7. The number of methoxy groups -OCH3 is 1. The van der Waals surface area contributed by atoms with Gasteiger partial charge in [0.15, 0.2) is 0 Å². The summed E-state index contributed by atoms with van der Waals surface area (Å²) in [6.07, 6.45) is 1.56. The molecule has 1 rings (SSSR count). The van der Waals surface area contributed by atoms with Crippen LogP contribution in [0.5, 0.6) is 0 Å². The summed E-state index contributed by atoms with van der Waals surface area (Å²) in [5.41, 5.74) is 8.25. The maximum atomic E-state index is 6.40. The molecule has 4 nitrogen and oxygen atoms in total. The Hall–Kier alpha value is -0.580.